The van der Waals surface area contributed by atoms with Gasteiger partial charge < -0.3 is 8.83 Å². The number of rotatable bonds is 3. The Hall–Kier alpha value is -4.72. The maximum Gasteiger partial charge on any atom is 0.305 e. The van der Waals surface area contributed by atoms with E-state index in [0.717, 1.165) is 6.07 Å². The van der Waals surface area contributed by atoms with E-state index in [1.807, 2.05) is 6.07 Å². The van der Waals surface area contributed by atoms with E-state index in [9.17, 15) is 14.4 Å². The number of para-hydroxylation sites is 2. The Morgan fingerprint density at radius 3 is 2.38 bits per heavy atom. The highest BCUT2D eigenvalue weighted by atomic mass is 16.3. The number of pyridine rings is 1. The Labute approximate surface area is 180 Å². The summed E-state index contributed by atoms with van der Waals surface area (Å²) in [5.41, 5.74) is 5.95. The molecule has 0 saturated heterocycles. The van der Waals surface area contributed by atoms with Gasteiger partial charge in [0.05, 0.1) is 22.7 Å². The molecule has 2 N–H and O–H groups in total. The maximum absolute atomic E-state index is 12.9. The number of hydrazine groups is 1. The molecule has 0 aliphatic rings. The van der Waals surface area contributed by atoms with Gasteiger partial charge in [-0.05, 0) is 36.4 Å². The van der Waals surface area contributed by atoms with Gasteiger partial charge in [-0.15, -0.1) is 0 Å². The number of furan rings is 1. The molecule has 0 spiro atoms. The molecule has 3 aromatic heterocycles. The van der Waals surface area contributed by atoms with Gasteiger partial charge in [0, 0.05) is 11.5 Å². The normalized spacial score (nSPS) is 10.9. The highest BCUT2D eigenvalue weighted by molar-refractivity contribution is 6.08. The van der Waals surface area contributed by atoms with Crippen LogP contribution in [0.25, 0.3) is 33.3 Å². The molecule has 0 fully saturated rings. The van der Waals surface area contributed by atoms with Crippen molar-refractivity contribution >= 4 is 33.7 Å². The lowest BCUT2D eigenvalue weighted by molar-refractivity contribution is 0.0832. The van der Waals surface area contributed by atoms with Crippen LogP contribution in [0.15, 0.2) is 92.7 Å². The monoisotopic (exact) mass is 425 g/mol. The van der Waals surface area contributed by atoms with Crippen molar-refractivity contribution in [3.63, 3.8) is 0 Å². The van der Waals surface area contributed by atoms with Gasteiger partial charge in [0.2, 0.25) is 0 Å². The molecule has 3 heterocycles. The average molecular weight is 425 g/mol. The van der Waals surface area contributed by atoms with Crippen LogP contribution in [0.1, 0.15) is 20.9 Å². The lowest BCUT2D eigenvalue weighted by Crippen LogP contribution is -2.42. The summed E-state index contributed by atoms with van der Waals surface area (Å²) in [7, 11) is 0. The second kappa shape index (κ2) is 7.84. The molecule has 2 amide bonds. The van der Waals surface area contributed by atoms with Crippen LogP contribution in [0.2, 0.25) is 0 Å². The number of amides is 2. The minimum absolute atomic E-state index is 0.218. The lowest BCUT2D eigenvalue weighted by atomic mass is 10.1. The first-order valence-corrected chi connectivity index (χ1v) is 9.67. The van der Waals surface area contributed by atoms with E-state index in [-0.39, 0.29) is 16.8 Å². The molecule has 0 atom stereocenters. The Morgan fingerprint density at radius 2 is 1.56 bits per heavy atom. The summed E-state index contributed by atoms with van der Waals surface area (Å²) in [5.74, 6) is -1.03. The summed E-state index contributed by atoms with van der Waals surface area (Å²) in [4.78, 5) is 42.2. The molecule has 5 aromatic rings. The highest BCUT2D eigenvalue weighted by Gasteiger charge is 2.17. The molecule has 2 aromatic carbocycles. The van der Waals surface area contributed by atoms with Crippen LogP contribution in [-0.4, -0.2) is 16.8 Å². The van der Waals surface area contributed by atoms with Crippen LogP contribution >= 0.6 is 0 Å². The Bertz CT molecular complexity index is 1540. The molecule has 0 radical (unpaired) electrons. The second-order valence-corrected chi connectivity index (χ2v) is 6.93. The first-order chi connectivity index (χ1) is 15.6. The topological polar surface area (TPSA) is 114 Å². The number of nitrogens with zero attached hydrogens (tertiary/aromatic N) is 1. The van der Waals surface area contributed by atoms with Crippen molar-refractivity contribution in [3.05, 3.63) is 101 Å². The van der Waals surface area contributed by atoms with Gasteiger partial charge in [-0.1, -0.05) is 30.3 Å². The fourth-order valence-electron chi connectivity index (χ4n) is 3.37. The van der Waals surface area contributed by atoms with Gasteiger partial charge in [0.15, 0.2) is 16.9 Å². The Kier molecular flexibility index (Phi) is 4.72. The molecule has 0 bridgehead atoms. The van der Waals surface area contributed by atoms with Gasteiger partial charge >= 0.3 is 5.91 Å². The quantitative estimate of drug-likeness (QED) is 0.426. The number of carbonyl (C=O) groups excluding carboxylic acids is 2. The number of aromatic nitrogens is 1. The van der Waals surface area contributed by atoms with E-state index in [4.69, 9.17) is 8.83 Å². The summed E-state index contributed by atoms with van der Waals surface area (Å²) in [6.07, 6.45) is 1.52. The van der Waals surface area contributed by atoms with Crippen molar-refractivity contribution < 1.29 is 18.4 Å². The zero-order valence-corrected chi connectivity index (χ0v) is 16.5. The van der Waals surface area contributed by atoms with Crippen LogP contribution in [-0.2, 0) is 0 Å². The standard InChI is InChI=1S/C24H15N3O5/c28-19-13-22(32-20-9-4-2-7-15(19)20)24(30)27-26-23(29)16-12-18(21-10-5-11-31-21)25-17-8-3-1-6-14(16)17/h1-13H,(H,26,29)(H,27,30). The molecular weight excluding hydrogens is 410 g/mol. The van der Waals surface area contributed by atoms with Crippen LogP contribution in [0.3, 0.4) is 0 Å². The van der Waals surface area contributed by atoms with Crippen molar-refractivity contribution in [2.75, 3.05) is 0 Å². The van der Waals surface area contributed by atoms with Crippen molar-refractivity contribution in [2.24, 2.45) is 0 Å². The number of hydrogen-bond donors (Lipinski definition) is 2. The largest absolute Gasteiger partial charge is 0.463 e. The molecule has 5 rings (SSSR count). The van der Waals surface area contributed by atoms with E-state index < -0.39 is 11.8 Å². The third-order valence-electron chi connectivity index (χ3n) is 4.88. The van der Waals surface area contributed by atoms with Crippen molar-refractivity contribution in [1.29, 1.82) is 0 Å². The summed E-state index contributed by atoms with van der Waals surface area (Å²) < 4.78 is 10.9. The van der Waals surface area contributed by atoms with Crippen molar-refractivity contribution in [2.45, 2.75) is 0 Å². The van der Waals surface area contributed by atoms with Gasteiger partial charge in [-0.25, -0.2) is 4.98 Å². The summed E-state index contributed by atoms with van der Waals surface area (Å²) in [6.45, 7) is 0. The number of carbonyl (C=O) groups is 2. The molecule has 0 saturated carbocycles. The fraction of sp³-hybridized carbons (Fsp3) is 0. The average Bonchev–Trinajstić information content (AvgIpc) is 3.36. The zero-order chi connectivity index (χ0) is 22.1. The van der Waals surface area contributed by atoms with Gasteiger partial charge in [-0.2, -0.15) is 0 Å². The molecule has 156 valence electrons. The van der Waals surface area contributed by atoms with Crippen molar-refractivity contribution in [1.82, 2.24) is 15.8 Å². The van der Waals surface area contributed by atoms with Crippen molar-refractivity contribution in [3.8, 4) is 11.5 Å². The second-order valence-electron chi connectivity index (χ2n) is 6.93. The van der Waals surface area contributed by atoms with E-state index in [2.05, 4.69) is 15.8 Å². The minimum atomic E-state index is -0.758. The van der Waals surface area contributed by atoms with E-state index in [0.29, 0.717) is 33.3 Å². The first-order valence-electron chi connectivity index (χ1n) is 9.67. The number of fused-ring (bicyclic) bond motifs is 2. The Balaban J connectivity index is 1.43. The number of benzene rings is 2. The summed E-state index contributed by atoms with van der Waals surface area (Å²) in [5, 5.41) is 0.966. The van der Waals surface area contributed by atoms with Gasteiger partial charge in [-0.3, -0.25) is 25.2 Å². The van der Waals surface area contributed by atoms with Crippen LogP contribution in [0, 0.1) is 0 Å². The molecule has 0 unspecified atom stereocenters. The third kappa shape index (κ3) is 3.50. The fourth-order valence-corrected chi connectivity index (χ4v) is 3.37. The molecule has 0 aliphatic carbocycles. The molecular formula is C24H15N3O5. The molecule has 8 heteroatoms. The highest BCUT2D eigenvalue weighted by Crippen LogP contribution is 2.25. The Morgan fingerprint density at radius 1 is 0.812 bits per heavy atom. The predicted molar refractivity (Wildman–Crippen MR) is 117 cm³/mol. The third-order valence-corrected chi connectivity index (χ3v) is 4.88. The maximum atomic E-state index is 12.9. The lowest BCUT2D eigenvalue weighted by Gasteiger charge is -2.10. The number of nitrogens with one attached hydrogen (secondary N) is 2. The first kappa shape index (κ1) is 19.3. The van der Waals surface area contributed by atoms with Crippen LogP contribution < -0.4 is 16.3 Å². The minimum Gasteiger partial charge on any atom is -0.463 e. The van der Waals surface area contributed by atoms with Crippen LogP contribution in [0.4, 0.5) is 0 Å². The molecule has 8 nitrogen and oxygen atoms in total. The van der Waals surface area contributed by atoms with Gasteiger partial charge in [0.1, 0.15) is 11.3 Å². The summed E-state index contributed by atoms with van der Waals surface area (Å²) in [6, 6.07) is 19.9. The molecule has 0 aliphatic heterocycles. The van der Waals surface area contributed by atoms with E-state index >= 15 is 0 Å². The SMILES string of the molecule is O=C(NNC(=O)c1cc(-c2ccco2)nc2ccccc12)c1cc(=O)c2ccccc2o1. The zero-order valence-electron chi connectivity index (χ0n) is 16.5. The summed E-state index contributed by atoms with van der Waals surface area (Å²) >= 11 is 0. The van der Waals surface area contributed by atoms with Crippen LogP contribution in [0.5, 0.6) is 0 Å². The van der Waals surface area contributed by atoms with E-state index in [1.54, 1.807) is 60.7 Å². The number of hydrogen-bond acceptors (Lipinski definition) is 6. The smallest absolute Gasteiger partial charge is 0.305 e. The van der Waals surface area contributed by atoms with E-state index in [1.165, 1.54) is 6.26 Å². The van der Waals surface area contributed by atoms with Gasteiger partial charge in [0.25, 0.3) is 5.91 Å². The molecule has 32 heavy (non-hydrogen) atoms. The predicted octanol–water partition coefficient (Wildman–Crippen LogP) is 3.68.